The average molecular weight is 181 g/mol. The molecule has 1 N–H and O–H groups in total. The van der Waals surface area contributed by atoms with Crippen LogP contribution in [0.3, 0.4) is 0 Å². The predicted molar refractivity (Wildman–Crippen MR) is 40.7 cm³/mol. The monoisotopic (exact) mass is 180 g/mol. The van der Waals surface area contributed by atoms with Gasteiger partial charge >= 0.3 is 11.9 Å². The number of rotatable bonds is 3. The van der Waals surface area contributed by atoms with Crippen LogP contribution < -0.4 is 0 Å². The minimum absolute atomic E-state index is 0. The summed E-state index contributed by atoms with van der Waals surface area (Å²) in [6.07, 6.45) is 1.60. The predicted octanol–water partition coefficient (Wildman–Crippen LogP) is 0.612. The molecule has 0 amide bonds. The summed E-state index contributed by atoms with van der Waals surface area (Å²) in [7, 11) is 0. The van der Waals surface area contributed by atoms with Crippen molar-refractivity contribution in [3.05, 3.63) is 12.2 Å². The number of ether oxygens (including phenoxy) is 1. The molecule has 0 atom stereocenters. The first-order chi connectivity index (χ1) is 4.66. The first-order valence-electron chi connectivity index (χ1n) is 2.74. The van der Waals surface area contributed by atoms with Gasteiger partial charge < -0.3 is 9.84 Å². The van der Waals surface area contributed by atoms with Crippen molar-refractivity contribution in [2.75, 3.05) is 6.61 Å². The van der Waals surface area contributed by atoms with Crippen LogP contribution in [0.5, 0.6) is 0 Å². The molecule has 0 saturated heterocycles. The Morgan fingerprint density at radius 3 is 2.36 bits per heavy atom. The number of carbonyl (C=O) groups excluding carboxylic acids is 1. The van der Waals surface area contributed by atoms with E-state index < -0.39 is 11.9 Å². The van der Waals surface area contributed by atoms with Gasteiger partial charge in [0.2, 0.25) is 0 Å². The fraction of sp³-hybridized carbons (Fsp3) is 0.333. The van der Waals surface area contributed by atoms with Crippen LogP contribution in [0.15, 0.2) is 12.2 Å². The van der Waals surface area contributed by atoms with Crippen LogP contribution in [0, 0.1) is 0 Å². The van der Waals surface area contributed by atoms with Gasteiger partial charge in [-0.1, -0.05) is 0 Å². The number of carboxylic acids is 1. The summed E-state index contributed by atoms with van der Waals surface area (Å²) >= 11 is 0. The second-order valence-electron chi connectivity index (χ2n) is 1.42. The average Bonchev–Trinajstić information content (AvgIpc) is 1.85. The summed E-state index contributed by atoms with van der Waals surface area (Å²) in [6.45, 7) is 1.90. The van der Waals surface area contributed by atoms with Crippen LogP contribution >= 0.6 is 12.4 Å². The fourth-order valence-electron chi connectivity index (χ4n) is 0.330. The topological polar surface area (TPSA) is 63.6 Å². The van der Waals surface area contributed by atoms with Crippen LogP contribution in [0.1, 0.15) is 6.92 Å². The molecule has 0 saturated carbocycles. The Hall–Kier alpha value is -1.03. The number of hydrogen-bond acceptors (Lipinski definition) is 3. The smallest absolute Gasteiger partial charge is 0.330 e. The minimum Gasteiger partial charge on any atom is -0.478 e. The number of carboxylic acid groups (broad SMARTS) is 1. The van der Waals surface area contributed by atoms with Gasteiger partial charge in [-0.3, -0.25) is 0 Å². The third-order valence-corrected chi connectivity index (χ3v) is 0.649. The van der Waals surface area contributed by atoms with Crippen molar-refractivity contribution in [1.82, 2.24) is 0 Å². The zero-order valence-electron chi connectivity index (χ0n) is 5.94. The lowest BCUT2D eigenvalue weighted by atomic mass is 10.5. The standard InChI is InChI=1S/C6H8O4.ClH/c1-2-10-6(9)4-3-5(7)8;/h3-4H,2H2,1H3,(H,7,8);1H. The zero-order chi connectivity index (χ0) is 7.98. The van der Waals surface area contributed by atoms with E-state index in [1.165, 1.54) is 0 Å². The lowest BCUT2D eigenvalue weighted by Gasteiger charge is -1.92. The molecule has 0 aromatic heterocycles. The number of halogens is 1. The Kier molecular flexibility index (Phi) is 8.13. The number of carbonyl (C=O) groups is 2. The second-order valence-corrected chi connectivity index (χ2v) is 1.42. The van der Waals surface area contributed by atoms with E-state index >= 15 is 0 Å². The zero-order valence-corrected chi connectivity index (χ0v) is 6.76. The first-order valence-corrected chi connectivity index (χ1v) is 2.74. The Morgan fingerprint density at radius 2 is 2.00 bits per heavy atom. The Bertz CT molecular complexity index is 164. The molecule has 0 fully saturated rings. The number of aliphatic carboxylic acids is 1. The van der Waals surface area contributed by atoms with E-state index in [1.807, 2.05) is 0 Å². The van der Waals surface area contributed by atoms with Crippen LogP contribution in [0.4, 0.5) is 0 Å². The van der Waals surface area contributed by atoms with Gasteiger partial charge in [0.15, 0.2) is 0 Å². The normalized spacial score (nSPS) is 8.82. The van der Waals surface area contributed by atoms with E-state index in [-0.39, 0.29) is 19.0 Å². The molecule has 0 radical (unpaired) electrons. The van der Waals surface area contributed by atoms with Crippen LogP contribution in [0.2, 0.25) is 0 Å². The third kappa shape index (κ3) is 8.97. The molecule has 11 heavy (non-hydrogen) atoms. The summed E-state index contributed by atoms with van der Waals surface area (Å²) in [5.41, 5.74) is 0. The highest BCUT2D eigenvalue weighted by molar-refractivity contribution is 5.90. The maximum absolute atomic E-state index is 10.4. The molecular weight excluding hydrogens is 172 g/mol. The fourth-order valence-corrected chi connectivity index (χ4v) is 0.330. The van der Waals surface area contributed by atoms with Gasteiger partial charge in [0.05, 0.1) is 6.61 Å². The second kappa shape index (κ2) is 7.08. The Morgan fingerprint density at radius 1 is 1.45 bits per heavy atom. The van der Waals surface area contributed by atoms with E-state index in [0.29, 0.717) is 0 Å². The minimum atomic E-state index is -1.16. The maximum atomic E-state index is 10.4. The summed E-state index contributed by atoms with van der Waals surface area (Å²) < 4.78 is 4.40. The van der Waals surface area contributed by atoms with Crippen LogP contribution in [0.25, 0.3) is 0 Å². The van der Waals surface area contributed by atoms with E-state index in [9.17, 15) is 9.59 Å². The van der Waals surface area contributed by atoms with Crippen molar-refractivity contribution in [3.63, 3.8) is 0 Å². The molecule has 0 aliphatic carbocycles. The summed E-state index contributed by atoms with van der Waals surface area (Å²) in [6, 6.07) is 0. The molecular formula is C6H9ClO4. The molecule has 0 heterocycles. The van der Waals surface area contributed by atoms with Gasteiger partial charge in [-0.15, -0.1) is 12.4 Å². The highest BCUT2D eigenvalue weighted by Crippen LogP contribution is 1.80. The van der Waals surface area contributed by atoms with Crippen molar-refractivity contribution in [3.8, 4) is 0 Å². The Balaban J connectivity index is 0. The largest absolute Gasteiger partial charge is 0.478 e. The molecule has 64 valence electrons. The first kappa shape index (κ1) is 12.6. The maximum Gasteiger partial charge on any atom is 0.330 e. The van der Waals surface area contributed by atoms with Crippen LogP contribution in [-0.4, -0.2) is 23.7 Å². The van der Waals surface area contributed by atoms with Crippen LogP contribution in [-0.2, 0) is 14.3 Å². The summed E-state index contributed by atoms with van der Waals surface area (Å²) in [5, 5.41) is 8.04. The van der Waals surface area contributed by atoms with Gasteiger partial charge in [0.25, 0.3) is 0 Å². The number of hydrogen-bond donors (Lipinski definition) is 1. The van der Waals surface area contributed by atoms with E-state index in [4.69, 9.17) is 5.11 Å². The van der Waals surface area contributed by atoms with E-state index in [1.54, 1.807) is 6.92 Å². The highest BCUT2D eigenvalue weighted by atomic mass is 35.5. The van der Waals surface area contributed by atoms with Gasteiger partial charge in [-0.2, -0.15) is 0 Å². The molecule has 0 aliphatic heterocycles. The van der Waals surface area contributed by atoms with Gasteiger partial charge in [-0.25, -0.2) is 9.59 Å². The highest BCUT2D eigenvalue weighted by Gasteiger charge is 1.94. The third-order valence-electron chi connectivity index (χ3n) is 0.649. The lowest BCUT2D eigenvalue weighted by Crippen LogP contribution is -2.00. The summed E-state index contributed by atoms with van der Waals surface area (Å²) in [4.78, 5) is 20.2. The van der Waals surface area contributed by atoms with Crippen molar-refractivity contribution in [2.45, 2.75) is 6.92 Å². The molecule has 0 aromatic carbocycles. The van der Waals surface area contributed by atoms with E-state index in [2.05, 4.69) is 4.74 Å². The Labute approximate surface area is 70.3 Å². The van der Waals surface area contributed by atoms with Crippen molar-refractivity contribution < 1.29 is 19.4 Å². The van der Waals surface area contributed by atoms with Gasteiger partial charge in [0, 0.05) is 12.2 Å². The molecule has 0 spiro atoms. The molecule has 0 rings (SSSR count). The quantitative estimate of drug-likeness (QED) is 0.511. The van der Waals surface area contributed by atoms with Gasteiger partial charge in [-0.05, 0) is 6.92 Å². The SMILES string of the molecule is CCOC(=O)C=CC(=O)O.Cl. The molecule has 4 nitrogen and oxygen atoms in total. The molecule has 5 heteroatoms. The van der Waals surface area contributed by atoms with Gasteiger partial charge in [0.1, 0.15) is 0 Å². The molecule has 0 unspecified atom stereocenters. The molecule has 0 aromatic rings. The number of esters is 1. The van der Waals surface area contributed by atoms with E-state index in [0.717, 1.165) is 12.2 Å². The van der Waals surface area contributed by atoms with Crippen molar-refractivity contribution in [2.24, 2.45) is 0 Å². The van der Waals surface area contributed by atoms with Crippen molar-refractivity contribution in [1.29, 1.82) is 0 Å². The molecule has 0 aliphatic rings. The van der Waals surface area contributed by atoms with Crippen molar-refractivity contribution >= 4 is 24.3 Å². The molecule has 0 bridgehead atoms. The summed E-state index contributed by atoms with van der Waals surface area (Å²) in [5.74, 6) is -1.79. The lowest BCUT2D eigenvalue weighted by molar-refractivity contribution is -0.138.